The maximum absolute atomic E-state index is 8.08. The molecule has 1 N–H and O–H groups in total. The third kappa shape index (κ3) is 2.42. The lowest BCUT2D eigenvalue weighted by Crippen LogP contribution is -2.27. The van der Waals surface area contributed by atoms with Crippen molar-refractivity contribution in [2.45, 2.75) is 26.3 Å². The molecule has 0 unspecified atom stereocenters. The Bertz CT molecular complexity index is 449. The van der Waals surface area contributed by atoms with Crippen LogP contribution in [-0.2, 0) is 6.42 Å². The van der Waals surface area contributed by atoms with Crippen LogP contribution in [0.4, 0.5) is 0 Å². The van der Waals surface area contributed by atoms with E-state index in [9.17, 15) is 0 Å². The molecule has 0 fully saturated rings. The first-order valence-electron chi connectivity index (χ1n) is 6.57. The number of ether oxygens (including phenoxy) is 2. The minimum Gasteiger partial charge on any atom is -0.454 e. The van der Waals surface area contributed by atoms with E-state index in [-0.39, 0.29) is 0 Å². The monoisotopic (exact) mass is 210 g/mol. The summed E-state index contributed by atoms with van der Waals surface area (Å²) in [5.41, 5.74) is 0.911. The van der Waals surface area contributed by atoms with Crippen LogP contribution in [0, 0.1) is 0 Å². The van der Waals surface area contributed by atoms with Crippen LogP contribution in [-0.4, -0.2) is 19.3 Å². The Kier molecular flexibility index (Phi) is 2.15. The van der Waals surface area contributed by atoms with Gasteiger partial charge in [-0.3, -0.25) is 0 Å². The van der Waals surface area contributed by atoms with Crippen molar-refractivity contribution in [1.82, 2.24) is 5.32 Å². The van der Waals surface area contributed by atoms with Gasteiger partial charge in [0.1, 0.15) is 2.74 Å². The number of nitrogens with one attached hydrogen (secondary N) is 1. The molecule has 1 atom stereocenters. The smallest absolute Gasteiger partial charge is 0.231 e. The summed E-state index contributed by atoms with van der Waals surface area (Å²) >= 11 is 0. The van der Waals surface area contributed by atoms with E-state index in [0.29, 0.717) is 17.9 Å². The molecule has 3 nitrogen and oxygen atoms in total. The van der Waals surface area contributed by atoms with Gasteiger partial charge < -0.3 is 14.8 Å². The highest BCUT2D eigenvalue weighted by Crippen LogP contribution is 2.32. The molecule has 1 aromatic carbocycles. The van der Waals surface area contributed by atoms with Gasteiger partial charge in [-0.1, -0.05) is 13.0 Å². The molecule has 0 bridgehead atoms. The second kappa shape index (κ2) is 4.53. The molecular formula is C12H17NO2. The van der Waals surface area contributed by atoms with Crippen LogP contribution < -0.4 is 14.8 Å². The second-order valence-electron chi connectivity index (χ2n) is 3.56. The van der Waals surface area contributed by atoms with Crippen molar-refractivity contribution < 1.29 is 13.6 Å². The fourth-order valence-electron chi connectivity index (χ4n) is 1.61. The van der Waals surface area contributed by atoms with Crippen LogP contribution in [0.15, 0.2) is 18.2 Å². The standard InChI is InChI=1S/C12H17NO2/c1-3-13-9(2)6-10-4-5-11-12(7-10)15-8-14-11/h4-5,7,9,13H,3,6,8H2,1-2H3/t9-/m1/s1/i8D2,9D. The van der Waals surface area contributed by atoms with E-state index in [2.05, 4.69) is 5.32 Å². The lowest BCUT2D eigenvalue weighted by Gasteiger charge is -2.12. The molecular weight excluding hydrogens is 190 g/mol. The van der Waals surface area contributed by atoms with Crippen molar-refractivity contribution in [1.29, 1.82) is 0 Å². The molecule has 0 radical (unpaired) electrons. The maximum atomic E-state index is 8.08. The van der Waals surface area contributed by atoms with Gasteiger partial charge in [0.2, 0.25) is 6.75 Å². The van der Waals surface area contributed by atoms with E-state index in [1.54, 1.807) is 19.1 Å². The van der Waals surface area contributed by atoms with Gasteiger partial charge in [0.05, 0.1) is 0 Å². The quantitative estimate of drug-likeness (QED) is 0.824. The van der Waals surface area contributed by atoms with Gasteiger partial charge in [0.25, 0.3) is 0 Å². The summed E-state index contributed by atoms with van der Waals surface area (Å²) in [4.78, 5) is 0. The molecule has 1 aliphatic heterocycles. The minimum absolute atomic E-state index is 0.393. The Morgan fingerprint density at radius 2 is 2.33 bits per heavy atom. The van der Waals surface area contributed by atoms with Gasteiger partial charge in [-0.2, -0.15) is 0 Å². The van der Waals surface area contributed by atoms with Crippen molar-refractivity contribution in [3.63, 3.8) is 0 Å². The summed E-state index contributed by atoms with van der Waals surface area (Å²) in [5, 5.41) is 3.07. The topological polar surface area (TPSA) is 30.5 Å². The van der Waals surface area contributed by atoms with Gasteiger partial charge in [0, 0.05) is 7.39 Å². The first-order valence-corrected chi connectivity index (χ1v) is 5.07. The van der Waals surface area contributed by atoms with Crippen molar-refractivity contribution in [3.05, 3.63) is 23.8 Å². The molecule has 0 spiro atoms. The third-order valence-electron chi connectivity index (χ3n) is 2.26. The van der Waals surface area contributed by atoms with E-state index >= 15 is 0 Å². The number of benzene rings is 1. The van der Waals surface area contributed by atoms with E-state index in [1.807, 2.05) is 13.0 Å². The predicted molar refractivity (Wildman–Crippen MR) is 59.4 cm³/mol. The van der Waals surface area contributed by atoms with Crippen LogP contribution in [0.1, 0.15) is 23.5 Å². The molecule has 3 heteroatoms. The number of hydrogen-bond acceptors (Lipinski definition) is 3. The van der Waals surface area contributed by atoms with Crippen LogP contribution in [0.2, 0.25) is 0 Å². The molecule has 82 valence electrons. The van der Waals surface area contributed by atoms with Crippen molar-refractivity contribution in [2.24, 2.45) is 0 Å². The highest BCUT2D eigenvalue weighted by atomic mass is 16.7. The Hall–Kier alpha value is -1.22. The molecule has 0 saturated carbocycles. The van der Waals surface area contributed by atoms with Gasteiger partial charge in [0.15, 0.2) is 11.5 Å². The normalized spacial score (nSPS) is 23.7. The van der Waals surface area contributed by atoms with E-state index < -0.39 is 12.8 Å². The van der Waals surface area contributed by atoms with Crippen molar-refractivity contribution >= 4 is 0 Å². The number of likely N-dealkylation sites (N-methyl/N-ethyl adjacent to an activating group) is 1. The summed E-state index contributed by atoms with van der Waals surface area (Å²) in [7, 11) is 0. The van der Waals surface area contributed by atoms with E-state index in [1.165, 1.54) is 0 Å². The highest BCUT2D eigenvalue weighted by molar-refractivity contribution is 5.44. The summed E-state index contributed by atoms with van der Waals surface area (Å²) in [6.07, 6.45) is 0.514. The van der Waals surface area contributed by atoms with Gasteiger partial charge in [-0.05, 0) is 37.6 Å². The SMILES string of the molecule is [2H]C1([2H])Oc2ccc(C[C@@]([2H])(C)NCC)cc2O1. The first-order chi connectivity index (χ1) is 8.31. The second-order valence-corrected chi connectivity index (χ2v) is 3.56. The zero-order chi connectivity index (χ0) is 13.4. The van der Waals surface area contributed by atoms with Gasteiger partial charge in [-0.15, -0.1) is 0 Å². The molecule has 0 amide bonds. The van der Waals surface area contributed by atoms with E-state index in [4.69, 9.17) is 13.6 Å². The largest absolute Gasteiger partial charge is 0.454 e. The molecule has 1 heterocycles. The first kappa shape index (κ1) is 7.12. The zero-order valence-corrected chi connectivity index (χ0v) is 8.96. The average Bonchev–Trinajstić information content (AvgIpc) is 2.50. The molecule has 2 rings (SSSR count). The van der Waals surface area contributed by atoms with Crippen molar-refractivity contribution in [2.75, 3.05) is 13.3 Å². The van der Waals surface area contributed by atoms with Crippen LogP contribution in [0.3, 0.4) is 0 Å². The lowest BCUT2D eigenvalue weighted by molar-refractivity contribution is 0.174. The molecule has 1 aliphatic rings. The molecule has 1 aromatic rings. The summed E-state index contributed by atoms with van der Waals surface area (Å²) in [6, 6.07) is 4.48. The van der Waals surface area contributed by atoms with Crippen LogP contribution in [0.5, 0.6) is 11.5 Å². The Morgan fingerprint density at radius 1 is 1.53 bits per heavy atom. The molecule has 0 aliphatic carbocycles. The lowest BCUT2D eigenvalue weighted by atomic mass is 10.1. The Labute approximate surface area is 94.6 Å². The molecule has 0 aromatic heterocycles. The maximum Gasteiger partial charge on any atom is 0.231 e. The van der Waals surface area contributed by atoms with Crippen LogP contribution in [0.25, 0.3) is 0 Å². The zero-order valence-electron chi connectivity index (χ0n) is 12.0. The fraction of sp³-hybridized carbons (Fsp3) is 0.500. The molecule has 15 heavy (non-hydrogen) atoms. The van der Waals surface area contributed by atoms with E-state index in [0.717, 1.165) is 12.1 Å². The summed E-state index contributed by atoms with van der Waals surface area (Å²) < 4.78 is 32.8. The summed E-state index contributed by atoms with van der Waals surface area (Å²) in [6.45, 7) is 2.40. The highest BCUT2D eigenvalue weighted by Gasteiger charge is 2.13. The van der Waals surface area contributed by atoms with Gasteiger partial charge in [-0.25, -0.2) is 0 Å². The Morgan fingerprint density at radius 3 is 3.13 bits per heavy atom. The van der Waals surface area contributed by atoms with Crippen LogP contribution >= 0.6 is 0 Å². The average molecular weight is 210 g/mol. The van der Waals surface area contributed by atoms with Gasteiger partial charge >= 0.3 is 0 Å². The molecule has 0 saturated heterocycles. The van der Waals surface area contributed by atoms with Crippen molar-refractivity contribution in [3.8, 4) is 11.5 Å². The predicted octanol–water partition coefficient (Wildman–Crippen LogP) is 1.96. The Balaban J connectivity index is 2.14. The minimum atomic E-state index is -2.09. The number of hydrogen-bond donors (Lipinski definition) is 1. The number of fused-ring (bicyclic) bond motifs is 1. The third-order valence-corrected chi connectivity index (χ3v) is 2.26. The summed E-state index contributed by atoms with van der Waals surface area (Å²) in [5.74, 6) is 0.795. The fourth-order valence-corrected chi connectivity index (χ4v) is 1.61. The number of rotatable bonds is 4.